The van der Waals surface area contributed by atoms with Gasteiger partial charge in [-0.3, -0.25) is 0 Å². The summed E-state index contributed by atoms with van der Waals surface area (Å²) in [6.07, 6.45) is 3.73. The molecule has 0 radical (unpaired) electrons. The Hall–Kier alpha value is -3.79. The van der Waals surface area contributed by atoms with Crippen LogP contribution in [0.5, 0.6) is 6.01 Å². The molecule has 6 rings (SSSR count). The zero-order chi connectivity index (χ0) is 25.4. The molecule has 9 nitrogen and oxygen atoms in total. The maximum atomic E-state index is 10.2. The normalized spacial score (nSPS) is 19.8. The third-order valence-electron chi connectivity index (χ3n) is 6.56. The molecular formula is C27H25ClN6O3. The van der Waals surface area contributed by atoms with Crippen molar-refractivity contribution in [3.63, 3.8) is 0 Å². The number of hydrogen-bond donors (Lipinski definition) is 2. The van der Waals surface area contributed by atoms with Crippen molar-refractivity contribution >= 4 is 22.8 Å². The Morgan fingerprint density at radius 1 is 1.08 bits per heavy atom. The van der Waals surface area contributed by atoms with Crippen LogP contribution in [-0.2, 0) is 4.74 Å². The van der Waals surface area contributed by atoms with Gasteiger partial charge in [0.05, 0.1) is 53.1 Å². The lowest BCUT2D eigenvalue weighted by atomic mass is 10.0. The number of nitrogens with zero attached hydrogens (tertiary/aromatic N) is 5. The number of nitrogens with one attached hydrogen (secondary N) is 1. The average Bonchev–Trinajstić information content (AvgIpc) is 3.59. The van der Waals surface area contributed by atoms with Gasteiger partial charge in [-0.05, 0) is 35.7 Å². The Labute approximate surface area is 218 Å². The second-order valence-electron chi connectivity index (χ2n) is 9.03. The second kappa shape index (κ2) is 9.93. The lowest BCUT2D eigenvalue weighted by Crippen LogP contribution is -2.43. The minimum absolute atomic E-state index is 0.149. The highest BCUT2D eigenvalue weighted by Crippen LogP contribution is 2.32. The second-order valence-corrected chi connectivity index (χ2v) is 9.43. The third-order valence-corrected chi connectivity index (χ3v) is 6.85. The molecule has 1 aliphatic heterocycles. The molecule has 0 amide bonds. The zero-order valence-corrected chi connectivity index (χ0v) is 20.8. The Morgan fingerprint density at radius 2 is 1.81 bits per heavy atom. The molecule has 0 aliphatic carbocycles. The molecule has 2 N–H and O–H groups in total. The predicted octanol–water partition coefficient (Wildman–Crippen LogP) is 4.83. The summed E-state index contributed by atoms with van der Waals surface area (Å²) >= 11 is 6.60. The molecule has 1 fully saturated rings. The van der Waals surface area contributed by atoms with Gasteiger partial charge in [0.2, 0.25) is 0 Å². The minimum Gasteiger partial charge on any atom is -0.459 e. The van der Waals surface area contributed by atoms with Crippen molar-refractivity contribution < 1.29 is 14.6 Å². The van der Waals surface area contributed by atoms with Gasteiger partial charge in [-0.2, -0.15) is 4.98 Å². The van der Waals surface area contributed by atoms with Crippen molar-refractivity contribution in [2.45, 2.75) is 38.1 Å². The van der Waals surface area contributed by atoms with Gasteiger partial charge < -0.3 is 19.6 Å². The van der Waals surface area contributed by atoms with Crippen LogP contribution in [0, 0.1) is 0 Å². The van der Waals surface area contributed by atoms with Crippen molar-refractivity contribution in [1.29, 1.82) is 0 Å². The molecule has 1 saturated heterocycles. The quantitative estimate of drug-likeness (QED) is 0.332. The van der Waals surface area contributed by atoms with Crippen molar-refractivity contribution in [2.75, 3.05) is 6.61 Å². The van der Waals surface area contributed by atoms with E-state index in [-0.39, 0.29) is 12.2 Å². The monoisotopic (exact) mass is 516 g/mol. The van der Waals surface area contributed by atoms with E-state index in [0.717, 1.165) is 28.8 Å². The summed E-state index contributed by atoms with van der Waals surface area (Å²) in [6.45, 7) is 2.40. The number of aliphatic hydroxyl groups excluding tert-OH is 1. The van der Waals surface area contributed by atoms with Crippen LogP contribution in [0.3, 0.4) is 0 Å². The van der Waals surface area contributed by atoms with Crippen LogP contribution >= 0.6 is 11.6 Å². The lowest BCUT2D eigenvalue weighted by Gasteiger charge is -2.32. The van der Waals surface area contributed by atoms with Crippen LogP contribution in [-0.4, -0.2) is 60.0 Å². The number of fused-ring (bicyclic) bond motifs is 1. The van der Waals surface area contributed by atoms with E-state index in [0.29, 0.717) is 40.9 Å². The largest absolute Gasteiger partial charge is 0.459 e. The fraction of sp³-hybridized carbons (Fsp3) is 0.259. The number of hydrogen-bond acceptors (Lipinski definition) is 7. The summed E-state index contributed by atoms with van der Waals surface area (Å²) in [5.41, 5.74) is 5.81. The third kappa shape index (κ3) is 4.81. The average molecular weight is 517 g/mol. The van der Waals surface area contributed by atoms with E-state index in [4.69, 9.17) is 26.1 Å². The van der Waals surface area contributed by atoms with E-state index in [1.165, 1.54) is 0 Å². The molecule has 4 heterocycles. The summed E-state index contributed by atoms with van der Waals surface area (Å²) in [5.74, 6) is 0. The van der Waals surface area contributed by atoms with Gasteiger partial charge in [0.1, 0.15) is 6.10 Å². The van der Waals surface area contributed by atoms with Crippen LogP contribution in [0.15, 0.2) is 67.0 Å². The van der Waals surface area contributed by atoms with Gasteiger partial charge in [-0.1, -0.05) is 60.1 Å². The van der Waals surface area contributed by atoms with E-state index in [2.05, 4.69) is 20.3 Å². The Morgan fingerprint density at radius 3 is 2.49 bits per heavy atom. The molecule has 0 unspecified atom stereocenters. The van der Waals surface area contributed by atoms with Gasteiger partial charge in [-0.25, -0.2) is 9.67 Å². The molecule has 5 aromatic rings. The predicted molar refractivity (Wildman–Crippen MR) is 140 cm³/mol. The maximum Gasteiger partial charge on any atom is 0.296 e. The summed E-state index contributed by atoms with van der Waals surface area (Å²) in [5, 5.41) is 18.6. The van der Waals surface area contributed by atoms with Gasteiger partial charge >= 0.3 is 0 Å². The number of pyridine rings is 1. The van der Waals surface area contributed by atoms with Crippen molar-refractivity contribution in [2.24, 2.45) is 0 Å². The molecule has 1 aliphatic rings. The molecule has 2 aromatic carbocycles. The topological polar surface area (TPSA) is 111 Å². The fourth-order valence-corrected chi connectivity index (χ4v) is 4.85. The van der Waals surface area contributed by atoms with Crippen LogP contribution < -0.4 is 4.74 Å². The summed E-state index contributed by atoms with van der Waals surface area (Å²) in [4.78, 5) is 12.3. The van der Waals surface area contributed by atoms with E-state index in [9.17, 15) is 5.11 Å². The Balaban J connectivity index is 1.20. The fourth-order valence-electron chi connectivity index (χ4n) is 4.59. The first kappa shape index (κ1) is 23.6. The highest BCUT2D eigenvalue weighted by molar-refractivity contribution is 6.33. The number of aromatic nitrogens is 6. The molecule has 0 saturated carbocycles. The number of H-pyrrole nitrogens is 1. The summed E-state index contributed by atoms with van der Waals surface area (Å²) in [7, 11) is 0. The van der Waals surface area contributed by atoms with Crippen LogP contribution in [0.25, 0.3) is 39.2 Å². The van der Waals surface area contributed by atoms with E-state index in [1.54, 1.807) is 16.9 Å². The number of aromatic amines is 1. The van der Waals surface area contributed by atoms with Crippen LogP contribution in [0.2, 0.25) is 5.02 Å². The van der Waals surface area contributed by atoms with Crippen molar-refractivity contribution in [1.82, 2.24) is 29.9 Å². The molecule has 0 spiro atoms. The minimum atomic E-state index is -0.554. The number of aliphatic hydroxyl groups is 1. The van der Waals surface area contributed by atoms with E-state index in [1.807, 2.05) is 61.7 Å². The maximum absolute atomic E-state index is 10.2. The molecule has 37 heavy (non-hydrogen) atoms. The number of benzene rings is 2. The molecule has 3 atom stereocenters. The Kier molecular flexibility index (Phi) is 6.33. The molecule has 0 bridgehead atoms. The summed E-state index contributed by atoms with van der Waals surface area (Å²) < 4.78 is 13.4. The number of imidazole rings is 1. The number of rotatable bonds is 6. The van der Waals surface area contributed by atoms with Gasteiger partial charge in [0, 0.05) is 12.0 Å². The highest BCUT2D eigenvalue weighted by atomic mass is 35.5. The number of ether oxygens (including phenoxy) is 2. The van der Waals surface area contributed by atoms with Crippen molar-refractivity contribution in [3.8, 4) is 34.1 Å². The lowest BCUT2D eigenvalue weighted by molar-refractivity contribution is -0.118. The first-order valence-electron chi connectivity index (χ1n) is 12.2. The summed E-state index contributed by atoms with van der Waals surface area (Å²) in [6, 6.07) is 18.3. The van der Waals surface area contributed by atoms with Crippen LogP contribution in [0.4, 0.5) is 0 Å². The van der Waals surface area contributed by atoms with Gasteiger partial charge in [0.25, 0.3) is 6.01 Å². The van der Waals surface area contributed by atoms with Crippen LogP contribution in [0.1, 0.15) is 19.8 Å². The molecule has 10 heteroatoms. The molecule has 188 valence electrons. The van der Waals surface area contributed by atoms with E-state index < -0.39 is 6.10 Å². The standard InChI is InChI=1S/C27H25ClN6O3/c1-2-24-23(35)13-20(15-36-24)37-27-30-22-14-21(28)25(31-26(22)32-27)18-5-3-16(4-6-18)17-7-9-19(10-8-17)34-12-11-29-33-34/h3-12,14,20,23-24,35H,2,13,15H2,1H3,(H,30,31,32)/t20-,23+,24-/m1/s1. The first-order chi connectivity index (χ1) is 18.1. The zero-order valence-electron chi connectivity index (χ0n) is 20.1. The first-order valence-corrected chi connectivity index (χ1v) is 12.6. The molecule has 3 aromatic heterocycles. The molecular weight excluding hydrogens is 492 g/mol. The smallest absolute Gasteiger partial charge is 0.296 e. The van der Waals surface area contributed by atoms with E-state index >= 15 is 0 Å². The number of halogens is 1. The highest BCUT2D eigenvalue weighted by Gasteiger charge is 2.30. The van der Waals surface area contributed by atoms with Crippen molar-refractivity contribution in [3.05, 3.63) is 72.0 Å². The Bertz CT molecular complexity index is 1500. The SMILES string of the molecule is CC[C@H]1OC[C@H](Oc2nc3nc(-c4ccc(-c5ccc(-n6ccnn6)cc5)cc4)c(Cl)cc3[nH]2)C[C@@H]1O. The van der Waals surface area contributed by atoms with Gasteiger partial charge in [-0.15, -0.1) is 5.10 Å². The van der Waals surface area contributed by atoms with Gasteiger partial charge in [0.15, 0.2) is 5.65 Å².